The van der Waals surface area contributed by atoms with E-state index in [1.807, 2.05) is 31.1 Å². The number of nitriles is 1. The first-order chi connectivity index (χ1) is 12.0. The number of carbonyl (C=O) groups is 1. The Kier molecular flexibility index (Phi) is 5.24. The second kappa shape index (κ2) is 7.40. The number of aromatic nitrogens is 1. The van der Waals surface area contributed by atoms with Gasteiger partial charge < -0.3 is 14.7 Å². The highest BCUT2D eigenvalue weighted by Gasteiger charge is 2.41. The zero-order valence-corrected chi connectivity index (χ0v) is 15.2. The standard InChI is InChI=1S/C19H27N5O/c1-22(2)11-12-24-15-19(9-7-18(24)25)8-4-10-23(14-19)17-6-3-5-16(13-20)21-17/h3,5-6H,4,7-12,14-15H2,1-2H3. The molecule has 1 atom stereocenters. The van der Waals surface area contributed by atoms with Gasteiger partial charge in [0.05, 0.1) is 0 Å². The molecule has 1 aromatic heterocycles. The van der Waals surface area contributed by atoms with Gasteiger partial charge in [-0.25, -0.2) is 4.98 Å². The third-order valence-electron chi connectivity index (χ3n) is 5.40. The third kappa shape index (κ3) is 4.10. The lowest BCUT2D eigenvalue weighted by Crippen LogP contribution is -2.55. The summed E-state index contributed by atoms with van der Waals surface area (Å²) >= 11 is 0. The van der Waals surface area contributed by atoms with Gasteiger partial charge in [-0.15, -0.1) is 0 Å². The lowest BCUT2D eigenvalue weighted by molar-refractivity contribution is -0.138. The highest BCUT2D eigenvalue weighted by Crippen LogP contribution is 2.39. The van der Waals surface area contributed by atoms with Gasteiger partial charge in [-0.05, 0) is 45.5 Å². The molecule has 134 valence electrons. The SMILES string of the molecule is CN(C)CCN1CC2(CCCN(c3cccc(C#N)n3)C2)CCC1=O. The Balaban J connectivity index is 1.72. The Hall–Kier alpha value is -2.13. The fraction of sp³-hybridized carbons (Fsp3) is 0.632. The number of anilines is 1. The van der Waals surface area contributed by atoms with Crippen molar-refractivity contribution in [3.8, 4) is 6.07 Å². The summed E-state index contributed by atoms with van der Waals surface area (Å²) in [7, 11) is 4.08. The maximum Gasteiger partial charge on any atom is 0.222 e. The summed E-state index contributed by atoms with van der Waals surface area (Å²) in [5.74, 6) is 1.17. The zero-order valence-electron chi connectivity index (χ0n) is 15.2. The van der Waals surface area contributed by atoms with Gasteiger partial charge >= 0.3 is 0 Å². The molecule has 1 spiro atoms. The van der Waals surface area contributed by atoms with Crippen LogP contribution in [0.2, 0.25) is 0 Å². The van der Waals surface area contributed by atoms with Crippen LogP contribution >= 0.6 is 0 Å². The molecule has 0 N–H and O–H groups in total. The molecule has 1 amide bonds. The van der Waals surface area contributed by atoms with E-state index in [0.717, 1.165) is 57.8 Å². The Labute approximate surface area is 150 Å². The molecule has 6 nitrogen and oxygen atoms in total. The van der Waals surface area contributed by atoms with Gasteiger partial charge in [-0.2, -0.15) is 5.26 Å². The average Bonchev–Trinajstić information content (AvgIpc) is 2.63. The van der Waals surface area contributed by atoms with Crippen molar-refractivity contribution >= 4 is 11.7 Å². The van der Waals surface area contributed by atoms with E-state index in [2.05, 4.69) is 20.9 Å². The highest BCUT2D eigenvalue weighted by atomic mass is 16.2. The maximum atomic E-state index is 12.3. The third-order valence-corrected chi connectivity index (χ3v) is 5.40. The van der Waals surface area contributed by atoms with Gasteiger partial charge in [0, 0.05) is 44.6 Å². The zero-order chi connectivity index (χ0) is 17.9. The van der Waals surface area contributed by atoms with E-state index in [-0.39, 0.29) is 11.3 Å². The van der Waals surface area contributed by atoms with Crippen LogP contribution in [0.3, 0.4) is 0 Å². The van der Waals surface area contributed by atoms with E-state index in [1.54, 1.807) is 6.07 Å². The quantitative estimate of drug-likeness (QED) is 0.834. The second-order valence-corrected chi connectivity index (χ2v) is 7.64. The minimum atomic E-state index is 0.156. The highest BCUT2D eigenvalue weighted by molar-refractivity contribution is 5.77. The number of piperidine rings is 2. The fourth-order valence-corrected chi connectivity index (χ4v) is 4.03. The summed E-state index contributed by atoms with van der Waals surface area (Å²) in [6.45, 7) is 4.43. The maximum absolute atomic E-state index is 12.3. The van der Waals surface area contributed by atoms with Gasteiger partial charge in [0.25, 0.3) is 0 Å². The molecule has 6 heteroatoms. The molecule has 2 fully saturated rings. The minimum Gasteiger partial charge on any atom is -0.356 e. The summed E-state index contributed by atoms with van der Waals surface area (Å²) in [6, 6.07) is 7.75. The Morgan fingerprint density at radius 3 is 2.92 bits per heavy atom. The molecule has 3 heterocycles. The van der Waals surface area contributed by atoms with Crippen molar-refractivity contribution in [1.29, 1.82) is 5.26 Å². The van der Waals surface area contributed by atoms with Crippen molar-refractivity contribution in [2.24, 2.45) is 5.41 Å². The van der Waals surface area contributed by atoms with E-state index >= 15 is 0 Å². The monoisotopic (exact) mass is 341 g/mol. The predicted octanol–water partition coefficient (Wildman–Crippen LogP) is 1.72. The van der Waals surface area contributed by atoms with Crippen molar-refractivity contribution in [3.05, 3.63) is 23.9 Å². The van der Waals surface area contributed by atoms with Crippen LogP contribution < -0.4 is 4.90 Å². The van der Waals surface area contributed by atoms with Gasteiger partial charge in [-0.3, -0.25) is 4.79 Å². The van der Waals surface area contributed by atoms with Gasteiger partial charge in [0.15, 0.2) is 0 Å². The largest absolute Gasteiger partial charge is 0.356 e. The van der Waals surface area contributed by atoms with E-state index in [9.17, 15) is 4.79 Å². The number of nitrogens with zero attached hydrogens (tertiary/aromatic N) is 5. The van der Waals surface area contributed by atoms with Crippen LogP contribution in [0.1, 0.15) is 31.4 Å². The molecule has 0 aromatic carbocycles. The van der Waals surface area contributed by atoms with Crippen LogP contribution in [0, 0.1) is 16.7 Å². The minimum absolute atomic E-state index is 0.156. The molecule has 25 heavy (non-hydrogen) atoms. The number of likely N-dealkylation sites (tertiary alicyclic amines) is 1. The molecular weight excluding hydrogens is 314 g/mol. The molecule has 0 aliphatic carbocycles. The van der Waals surface area contributed by atoms with E-state index in [0.29, 0.717) is 12.1 Å². The van der Waals surface area contributed by atoms with E-state index in [4.69, 9.17) is 5.26 Å². The first-order valence-electron chi connectivity index (χ1n) is 9.06. The number of hydrogen-bond donors (Lipinski definition) is 0. The van der Waals surface area contributed by atoms with E-state index in [1.165, 1.54) is 0 Å². The number of hydrogen-bond acceptors (Lipinski definition) is 5. The first-order valence-corrected chi connectivity index (χ1v) is 9.06. The Morgan fingerprint density at radius 2 is 2.16 bits per heavy atom. The van der Waals surface area contributed by atoms with Crippen LogP contribution in [0.15, 0.2) is 18.2 Å². The first kappa shape index (κ1) is 17.7. The van der Waals surface area contributed by atoms with Crippen LogP contribution in [0.4, 0.5) is 5.82 Å². The Bertz CT molecular complexity index is 668. The number of carbonyl (C=O) groups excluding carboxylic acids is 1. The number of rotatable bonds is 4. The predicted molar refractivity (Wildman–Crippen MR) is 97.2 cm³/mol. The molecule has 3 rings (SSSR count). The number of amides is 1. The molecule has 2 saturated heterocycles. The number of pyridine rings is 1. The summed E-state index contributed by atoms with van der Waals surface area (Å²) in [5.41, 5.74) is 0.617. The van der Waals surface area contributed by atoms with Crippen molar-refractivity contribution in [2.75, 3.05) is 51.7 Å². The lowest BCUT2D eigenvalue weighted by Gasteiger charge is -2.48. The van der Waals surface area contributed by atoms with Crippen molar-refractivity contribution in [3.63, 3.8) is 0 Å². The summed E-state index contributed by atoms with van der Waals surface area (Å²) in [5, 5.41) is 9.09. The van der Waals surface area contributed by atoms with Gasteiger partial charge in [0.2, 0.25) is 5.91 Å². The molecule has 2 aliphatic heterocycles. The average molecular weight is 341 g/mol. The molecule has 2 aliphatic rings. The second-order valence-electron chi connectivity index (χ2n) is 7.64. The summed E-state index contributed by atoms with van der Waals surface area (Å²) in [6.07, 6.45) is 3.87. The molecule has 1 aromatic rings. The normalized spacial score (nSPS) is 24.0. The Morgan fingerprint density at radius 1 is 1.32 bits per heavy atom. The van der Waals surface area contributed by atoms with Crippen molar-refractivity contribution < 1.29 is 4.79 Å². The molecular formula is C19H27N5O. The van der Waals surface area contributed by atoms with E-state index < -0.39 is 0 Å². The smallest absolute Gasteiger partial charge is 0.222 e. The van der Waals surface area contributed by atoms with Gasteiger partial charge in [-0.1, -0.05) is 6.07 Å². The molecule has 1 unspecified atom stereocenters. The topological polar surface area (TPSA) is 63.5 Å². The fourth-order valence-electron chi connectivity index (χ4n) is 4.03. The van der Waals surface area contributed by atoms with Crippen molar-refractivity contribution in [2.45, 2.75) is 25.7 Å². The van der Waals surface area contributed by atoms with Crippen molar-refractivity contribution in [1.82, 2.24) is 14.8 Å². The number of likely N-dealkylation sites (N-methyl/N-ethyl adjacent to an activating group) is 1. The molecule has 0 radical (unpaired) electrons. The lowest BCUT2D eigenvalue weighted by atomic mass is 9.73. The molecule has 0 saturated carbocycles. The van der Waals surface area contributed by atoms with Crippen LogP contribution in [0.25, 0.3) is 0 Å². The summed E-state index contributed by atoms with van der Waals surface area (Å²) in [4.78, 5) is 23.2. The van der Waals surface area contributed by atoms with Crippen LogP contribution in [-0.4, -0.2) is 67.5 Å². The summed E-state index contributed by atoms with van der Waals surface area (Å²) < 4.78 is 0. The van der Waals surface area contributed by atoms with Crippen LogP contribution in [0.5, 0.6) is 0 Å². The van der Waals surface area contributed by atoms with Gasteiger partial charge in [0.1, 0.15) is 17.6 Å². The molecule has 0 bridgehead atoms. The van der Waals surface area contributed by atoms with Crippen LogP contribution in [-0.2, 0) is 4.79 Å².